The third-order valence-electron chi connectivity index (χ3n) is 4.05. The van der Waals surface area contributed by atoms with Crippen molar-refractivity contribution in [3.63, 3.8) is 0 Å². The standard InChI is InChI=1S/C14H22N2/c1-4-12-7-6-10-15-13(12)11-16(3)14(5-2)8-9-14/h6-7,10H,4-5,8-9,11H2,1-3H3. The van der Waals surface area contributed by atoms with Gasteiger partial charge in [-0.1, -0.05) is 19.9 Å². The molecule has 0 amide bonds. The minimum atomic E-state index is 0.489. The smallest absolute Gasteiger partial charge is 0.0575 e. The SMILES string of the molecule is CCc1cccnc1CN(C)C1(CC)CC1. The lowest BCUT2D eigenvalue weighted by Gasteiger charge is -2.27. The Morgan fingerprint density at radius 2 is 2.12 bits per heavy atom. The number of aromatic nitrogens is 1. The Bertz CT molecular complexity index is 356. The van der Waals surface area contributed by atoms with Crippen LogP contribution < -0.4 is 0 Å². The number of aryl methyl sites for hydroxylation is 1. The molecule has 0 spiro atoms. The van der Waals surface area contributed by atoms with Crippen molar-refractivity contribution in [2.45, 2.75) is 51.6 Å². The van der Waals surface area contributed by atoms with E-state index in [1.807, 2.05) is 12.3 Å². The van der Waals surface area contributed by atoms with Crippen molar-refractivity contribution < 1.29 is 0 Å². The Labute approximate surface area is 98.7 Å². The highest BCUT2D eigenvalue weighted by Crippen LogP contribution is 2.44. The second-order valence-corrected chi connectivity index (χ2v) is 4.90. The van der Waals surface area contributed by atoms with Gasteiger partial charge in [0, 0.05) is 18.3 Å². The molecule has 16 heavy (non-hydrogen) atoms. The van der Waals surface area contributed by atoms with Gasteiger partial charge in [0.05, 0.1) is 5.69 Å². The Balaban J connectivity index is 2.09. The summed E-state index contributed by atoms with van der Waals surface area (Å²) in [5, 5.41) is 0. The summed E-state index contributed by atoms with van der Waals surface area (Å²) in [5.41, 5.74) is 3.14. The first kappa shape index (κ1) is 11.6. The molecule has 1 aliphatic carbocycles. The van der Waals surface area contributed by atoms with Gasteiger partial charge in [-0.25, -0.2) is 0 Å². The lowest BCUT2D eigenvalue weighted by molar-refractivity contribution is 0.203. The predicted octanol–water partition coefficient (Wildman–Crippen LogP) is 3.02. The summed E-state index contributed by atoms with van der Waals surface area (Å²) in [4.78, 5) is 7.02. The fourth-order valence-electron chi connectivity index (χ4n) is 2.48. The lowest BCUT2D eigenvalue weighted by Crippen LogP contribution is -2.33. The first-order valence-electron chi connectivity index (χ1n) is 6.36. The van der Waals surface area contributed by atoms with Crippen molar-refractivity contribution in [1.29, 1.82) is 0 Å². The summed E-state index contributed by atoms with van der Waals surface area (Å²) < 4.78 is 0. The molecule has 0 saturated heterocycles. The Hall–Kier alpha value is -0.890. The van der Waals surface area contributed by atoms with Crippen molar-refractivity contribution in [3.05, 3.63) is 29.6 Å². The lowest BCUT2D eigenvalue weighted by atomic mass is 10.1. The van der Waals surface area contributed by atoms with Crippen molar-refractivity contribution in [2.24, 2.45) is 0 Å². The van der Waals surface area contributed by atoms with E-state index in [1.54, 1.807) is 0 Å². The Kier molecular flexibility index (Phi) is 3.29. The van der Waals surface area contributed by atoms with Gasteiger partial charge in [0.2, 0.25) is 0 Å². The molecule has 0 unspecified atom stereocenters. The Morgan fingerprint density at radius 3 is 2.69 bits per heavy atom. The molecule has 1 aromatic rings. The van der Waals surface area contributed by atoms with Crippen LogP contribution in [0.2, 0.25) is 0 Å². The molecule has 0 aliphatic heterocycles. The van der Waals surface area contributed by atoms with E-state index in [2.05, 4.69) is 36.8 Å². The van der Waals surface area contributed by atoms with E-state index in [0.717, 1.165) is 13.0 Å². The molecular weight excluding hydrogens is 196 g/mol. The molecule has 1 aromatic heterocycles. The van der Waals surface area contributed by atoms with Crippen LogP contribution in [-0.4, -0.2) is 22.5 Å². The van der Waals surface area contributed by atoms with Crippen LogP contribution in [-0.2, 0) is 13.0 Å². The summed E-state index contributed by atoms with van der Waals surface area (Å²) in [6.07, 6.45) is 6.96. The quantitative estimate of drug-likeness (QED) is 0.755. The van der Waals surface area contributed by atoms with E-state index in [-0.39, 0.29) is 0 Å². The van der Waals surface area contributed by atoms with Gasteiger partial charge in [0.1, 0.15) is 0 Å². The highest BCUT2D eigenvalue weighted by atomic mass is 15.2. The number of pyridine rings is 1. The number of hydrogen-bond donors (Lipinski definition) is 0. The number of nitrogens with zero attached hydrogens (tertiary/aromatic N) is 2. The van der Waals surface area contributed by atoms with E-state index in [1.165, 1.54) is 30.5 Å². The van der Waals surface area contributed by atoms with E-state index in [9.17, 15) is 0 Å². The zero-order valence-electron chi connectivity index (χ0n) is 10.7. The van der Waals surface area contributed by atoms with Gasteiger partial charge in [-0.05, 0) is 44.4 Å². The van der Waals surface area contributed by atoms with Crippen molar-refractivity contribution in [2.75, 3.05) is 7.05 Å². The third-order valence-corrected chi connectivity index (χ3v) is 4.05. The topological polar surface area (TPSA) is 16.1 Å². The van der Waals surface area contributed by atoms with Crippen molar-refractivity contribution in [1.82, 2.24) is 9.88 Å². The molecule has 2 nitrogen and oxygen atoms in total. The van der Waals surface area contributed by atoms with Gasteiger partial charge in [0.15, 0.2) is 0 Å². The average Bonchev–Trinajstić information content (AvgIpc) is 3.10. The van der Waals surface area contributed by atoms with Crippen LogP contribution >= 0.6 is 0 Å². The van der Waals surface area contributed by atoms with Crippen molar-refractivity contribution in [3.8, 4) is 0 Å². The van der Waals surface area contributed by atoms with Crippen LogP contribution in [0, 0.1) is 0 Å². The molecule has 2 heteroatoms. The summed E-state index contributed by atoms with van der Waals surface area (Å²) >= 11 is 0. The highest BCUT2D eigenvalue weighted by Gasteiger charge is 2.44. The molecule has 88 valence electrons. The molecule has 2 rings (SSSR count). The molecule has 0 N–H and O–H groups in total. The summed E-state index contributed by atoms with van der Waals surface area (Å²) in [6, 6.07) is 4.23. The van der Waals surface area contributed by atoms with Crippen LogP contribution in [0.25, 0.3) is 0 Å². The molecule has 0 aromatic carbocycles. The van der Waals surface area contributed by atoms with Crippen LogP contribution in [0.1, 0.15) is 44.4 Å². The molecule has 1 aliphatic rings. The molecule has 1 fully saturated rings. The molecule has 0 radical (unpaired) electrons. The van der Waals surface area contributed by atoms with Gasteiger partial charge < -0.3 is 0 Å². The van der Waals surface area contributed by atoms with Crippen LogP contribution in [0.3, 0.4) is 0 Å². The molecular formula is C14H22N2. The zero-order valence-corrected chi connectivity index (χ0v) is 10.7. The van der Waals surface area contributed by atoms with Gasteiger partial charge in [-0.15, -0.1) is 0 Å². The van der Waals surface area contributed by atoms with Crippen molar-refractivity contribution >= 4 is 0 Å². The second kappa shape index (κ2) is 4.54. The second-order valence-electron chi connectivity index (χ2n) is 4.90. The largest absolute Gasteiger partial charge is 0.295 e. The maximum absolute atomic E-state index is 4.52. The summed E-state index contributed by atoms with van der Waals surface area (Å²) in [6.45, 7) is 5.49. The minimum absolute atomic E-state index is 0.489. The van der Waals surface area contributed by atoms with Gasteiger partial charge in [-0.2, -0.15) is 0 Å². The van der Waals surface area contributed by atoms with Gasteiger partial charge >= 0.3 is 0 Å². The molecule has 0 bridgehead atoms. The average molecular weight is 218 g/mol. The monoisotopic (exact) mass is 218 g/mol. The fraction of sp³-hybridized carbons (Fsp3) is 0.643. The fourth-order valence-corrected chi connectivity index (χ4v) is 2.48. The van der Waals surface area contributed by atoms with Gasteiger partial charge in [-0.3, -0.25) is 9.88 Å². The zero-order chi connectivity index (χ0) is 11.6. The summed E-state index contributed by atoms with van der Waals surface area (Å²) in [7, 11) is 2.24. The first-order valence-corrected chi connectivity index (χ1v) is 6.36. The Morgan fingerprint density at radius 1 is 1.38 bits per heavy atom. The number of rotatable bonds is 5. The van der Waals surface area contributed by atoms with E-state index < -0.39 is 0 Å². The van der Waals surface area contributed by atoms with Gasteiger partial charge in [0.25, 0.3) is 0 Å². The van der Waals surface area contributed by atoms with E-state index in [0.29, 0.717) is 5.54 Å². The minimum Gasteiger partial charge on any atom is -0.295 e. The van der Waals surface area contributed by atoms with Crippen LogP contribution in [0.5, 0.6) is 0 Å². The van der Waals surface area contributed by atoms with Crippen LogP contribution in [0.4, 0.5) is 0 Å². The predicted molar refractivity (Wildman–Crippen MR) is 67.3 cm³/mol. The molecule has 1 heterocycles. The third kappa shape index (κ3) is 2.12. The maximum Gasteiger partial charge on any atom is 0.0575 e. The summed E-state index contributed by atoms with van der Waals surface area (Å²) in [5.74, 6) is 0. The highest BCUT2D eigenvalue weighted by molar-refractivity contribution is 5.20. The van der Waals surface area contributed by atoms with E-state index in [4.69, 9.17) is 0 Å². The molecule has 1 saturated carbocycles. The van der Waals surface area contributed by atoms with E-state index >= 15 is 0 Å². The molecule has 0 atom stereocenters. The first-order chi connectivity index (χ1) is 7.72. The maximum atomic E-state index is 4.52. The normalized spacial score (nSPS) is 17.8. The number of hydrogen-bond acceptors (Lipinski definition) is 2. The van der Waals surface area contributed by atoms with Crippen LogP contribution in [0.15, 0.2) is 18.3 Å².